The summed E-state index contributed by atoms with van der Waals surface area (Å²) in [5, 5.41) is 0. The monoisotopic (exact) mass is 283 g/mol. The van der Waals surface area contributed by atoms with Crippen molar-refractivity contribution in [1.29, 1.82) is 0 Å². The van der Waals surface area contributed by atoms with E-state index in [0.717, 1.165) is 16.8 Å². The second-order valence-corrected chi connectivity index (χ2v) is 5.85. The number of hydrogen-bond acceptors (Lipinski definition) is 2. The number of rotatable bonds is 3. The molecule has 88 valence electrons. The van der Waals surface area contributed by atoms with Crippen LogP contribution in [0.4, 0.5) is 0 Å². The Kier molecular flexibility index (Phi) is 3.01. The molecule has 2 rings (SSSR count). The first-order valence-corrected chi connectivity index (χ1v) is 6.35. The molecule has 2 atom stereocenters. The number of halogens is 1. The van der Waals surface area contributed by atoms with Gasteiger partial charge >= 0.3 is 0 Å². The van der Waals surface area contributed by atoms with Gasteiger partial charge in [-0.3, -0.25) is 0 Å². The number of methoxy groups -OCH3 is 1. The van der Waals surface area contributed by atoms with Gasteiger partial charge in [-0.1, -0.05) is 35.8 Å². The highest BCUT2D eigenvalue weighted by Crippen LogP contribution is 2.66. The molecule has 2 N–H and O–H groups in total. The zero-order valence-electron chi connectivity index (χ0n) is 9.96. The van der Waals surface area contributed by atoms with Gasteiger partial charge in [-0.2, -0.15) is 0 Å². The van der Waals surface area contributed by atoms with Crippen LogP contribution in [0.1, 0.15) is 25.3 Å². The van der Waals surface area contributed by atoms with E-state index in [1.165, 1.54) is 5.56 Å². The molecule has 1 fully saturated rings. The highest BCUT2D eigenvalue weighted by atomic mass is 79.9. The summed E-state index contributed by atoms with van der Waals surface area (Å²) in [6.45, 7) is 5.28. The van der Waals surface area contributed by atoms with Crippen LogP contribution in [0.5, 0.6) is 5.75 Å². The molecule has 16 heavy (non-hydrogen) atoms. The van der Waals surface area contributed by atoms with E-state index in [1.807, 2.05) is 12.1 Å². The zero-order valence-corrected chi connectivity index (χ0v) is 11.5. The predicted molar refractivity (Wildman–Crippen MR) is 69.8 cm³/mol. The molecular weight excluding hydrogens is 266 g/mol. The lowest BCUT2D eigenvalue weighted by molar-refractivity contribution is 0.407. The maximum absolute atomic E-state index is 5.82. The van der Waals surface area contributed by atoms with Crippen LogP contribution in [0.2, 0.25) is 0 Å². The van der Waals surface area contributed by atoms with Gasteiger partial charge in [0.2, 0.25) is 0 Å². The van der Waals surface area contributed by atoms with Crippen molar-refractivity contribution in [1.82, 2.24) is 0 Å². The molecule has 2 unspecified atom stereocenters. The van der Waals surface area contributed by atoms with Crippen molar-refractivity contribution in [3.8, 4) is 5.75 Å². The second kappa shape index (κ2) is 4.04. The number of ether oxygens (including phenoxy) is 1. The Bertz CT molecular complexity index is 403. The topological polar surface area (TPSA) is 35.2 Å². The summed E-state index contributed by atoms with van der Waals surface area (Å²) in [6.07, 6.45) is 0. The van der Waals surface area contributed by atoms with Crippen molar-refractivity contribution in [2.45, 2.75) is 19.8 Å². The molecule has 0 bridgehead atoms. The second-order valence-electron chi connectivity index (χ2n) is 5.00. The molecule has 2 nitrogen and oxygen atoms in total. The van der Waals surface area contributed by atoms with Crippen LogP contribution in [0.25, 0.3) is 0 Å². The van der Waals surface area contributed by atoms with Crippen molar-refractivity contribution >= 4 is 15.9 Å². The van der Waals surface area contributed by atoms with Gasteiger partial charge in [0, 0.05) is 10.0 Å². The molecular formula is C13H18BrNO. The summed E-state index contributed by atoms with van der Waals surface area (Å²) in [5.74, 6) is 2.02. The van der Waals surface area contributed by atoms with Crippen LogP contribution in [0.3, 0.4) is 0 Å². The number of benzene rings is 1. The Morgan fingerprint density at radius 1 is 1.44 bits per heavy atom. The molecule has 3 heteroatoms. The first-order valence-electron chi connectivity index (χ1n) is 5.56. The van der Waals surface area contributed by atoms with Crippen molar-refractivity contribution in [3.63, 3.8) is 0 Å². The fourth-order valence-electron chi connectivity index (χ4n) is 2.75. The Hall–Kier alpha value is -0.540. The lowest BCUT2D eigenvalue weighted by Gasteiger charge is -2.11. The van der Waals surface area contributed by atoms with Crippen molar-refractivity contribution in [2.24, 2.45) is 17.1 Å². The summed E-state index contributed by atoms with van der Waals surface area (Å²) >= 11 is 3.62. The lowest BCUT2D eigenvalue weighted by Crippen LogP contribution is -2.05. The summed E-state index contributed by atoms with van der Waals surface area (Å²) in [4.78, 5) is 0. The summed E-state index contributed by atoms with van der Waals surface area (Å²) in [7, 11) is 1.72. The minimum absolute atomic E-state index is 0.284. The SMILES string of the molecule is COc1cccc(Br)c1C1C(CN)C1(C)C. The third kappa shape index (κ3) is 1.66. The smallest absolute Gasteiger partial charge is 0.123 e. The first kappa shape index (κ1) is 11.9. The van der Waals surface area contributed by atoms with Crippen LogP contribution in [0, 0.1) is 11.3 Å². The van der Waals surface area contributed by atoms with Gasteiger partial charge in [-0.15, -0.1) is 0 Å². The third-order valence-electron chi connectivity index (χ3n) is 3.85. The Morgan fingerprint density at radius 3 is 2.62 bits per heavy atom. The summed E-state index contributed by atoms with van der Waals surface area (Å²) < 4.78 is 6.57. The van der Waals surface area contributed by atoms with E-state index in [4.69, 9.17) is 10.5 Å². The molecule has 1 saturated carbocycles. The van der Waals surface area contributed by atoms with Crippen LogP contribution >= 0.6 is 15.9 Å². The normalized spacial score (nSPS) is 26.6. The first-order chi connectivity index (χ1) is 7.54. The average molecular weight is 284 g/mol. The van der Waals surface area contributed by atoms with Gasteiger partial charge in [-0.05, 0) is 35.9 Å². The Labute approximate surface area is 105 Å². The molecule has 1 aromatic carbocycles. The molecule has 0 spiro atoms. The summed E-state index contributed by atoms with van der Waals surface area (Å²) in [6, 6.07) is 6.08. The fourth-order valence-corrected chi connectivity index (χ4v) is 3.35. The van der Waals surface area contributed by atoms with Crippen molar-refractivity contribution in [3.05, 3.63) is 28.2 Å². The quantitative estimate of drug-likeness (QED) is 0.925. The van der Waals surface area contributed by atoms with Crippen molar-refractivity contribution < 1.29 is 4.74 Å². The maximum Gasteiger partial charge on any atom is 0.123 e. The van der Waals surface area contributed by atoms with Crippen molar-refractivity contribution in [2.75, 3.05) is 13.7 Å². The van der Waals surface area contributed by atoms with E-state index < -0.39 is 0 Å². The Balaban J connectivity index is 2.42. The maximum atomic E-state index is 5.82. The number of hydrogen-bond donors (Lipinski definition) is 1. The average Bonchev–Trinajstić information content (AvgIpc) is 2.79. The van der Waals surface area contributed by atoms with Gasteiger partial charge in [0.15, 0.2) is 0 Å². The fraction of sp³-hybridized carbons (Fsp3) is 0.538. The molecule has 0 heterocycles. The standard InChI is InChI=1S/C13H18BrNO/c1-13(2)8(7-15)12(13)11-9(14)5-4-6-10(11)16-3/h4-6,8,12H,7,15H2,1-3H3. The van der Waals surface area contributed by atoms with Gasteiger partial charge in [0.05, 0.1) is 7.11 Å². The van der Waals surface area contributed by atoms with E-state index in [9.17, 15) is 0 Å². The molecule has 0 aromatic heterocycles. The van der Waals surface area contributed by atoms with E-state index in [2.05, 4.69) is 35.8 Å². The minimum Gasteiger partial charge on any atom is -0.496 e. The Morgan fingerprint density at radius 2 is 2.12 bits per heavy atom. The third-order valence-corrected chi connectivity index (χ3v) is 4.54. The van der Waals surface area contributed by atoms with E-state index >= 15 is 0 Å². The highest BCUT2D eigenvalue weighted by molar-refractivity contribution is 9.10. The van der Waals surface area contributed by atoms with Crippen LogP contribution in [-0.2, 0) is 0 Å². The predicted octanol–water partition coefficient (Wildman–Crippen LogP) is 3.16. The van der Waals surface area contributed by atoms with Crippen LogP contribution < -0.4 is 10.5 Å². The molecule has 1 aliphatic rings. The lowest BCUT2D eigenvalue weighted by atomic mass is 10.0. The van der Waals surface area contributed by atoms with Crippen LogP contribution in [0.15, 0.2) is 22.7 Å². The van der Waals surface area contributed by atoms with Gasteiger partial charge < -0.3 is 10.5 Å². The number of nitrogens with two attached hydrogens (primary N) is 1. The molecule has 0 saturated heterocycles. The highest BCUT2D eigenvalue weighted by Gasteiger charge is 2.58. The molecule has 0 aliphatic heterocycles. The van der Waals surface area contributed by atoms with Gasteiger partial charge in [-0.25, -0.2) is 0 Å². The van der Waals surface area contributed by atoms with Gasteiger partial charge in [0.1, 0.15) is 5.75 Å². The van der Waals surface area contributed by atoms with E-state index in [1.54, 1.807) is 7.11 Å². The molecule has 0 amide bonds. The minimum atomic E-state index is 0.284. The van der Waals surface area contributed by atoms with Gasteiger partial charge in [0.25, 0.3) is 0 Å². The molecule has 1 aliphatic carbocycles. The molecule has 1 aromatic rings. The van der Waals surface area contributed by atoms with E-state index in [0.29, 0.717) is 11.8 Å². The van der Waals surface area contributed by atoms with E-state index in [-0.39, 0.29) is 5.41 Å². The largest absolute Gasteiger partial charge is 0.496 e. The summed E-state index contributed by atoms with van der Waals surface area (Å²) in [5.41, 5.74) is 7.38. The zero-order chi connectivity index (χ0) is 11.9. The molecule has 0 radical (unpaired) electrons. The van der Waals surface area contributed by atoms with Crippen LogP contribution in [-0.4, -0.2) is 13.7 Å².